The molecule has 0 aromatic heterocycles. The quantitative estimate of drug-likeness (QED) is 0.376. The molecule has 2 aromatic rings. The Balaban J connectivity index is 1.54. The summed E-state index contributed by atoms with van der Waals surface area (Å²) in [6.07, 6.45) is -9.22. The second-order valence-electron chi connectivity index (χ2n) is 11.5. The van der Waals surface area contributed by atoms with Crippen LogP contribution in [0.4, 0.5) is 31.1 Å². The van der Waals surface area contributed by atoms with Crippen molar-refractivity contribution in [2.45, 2.75) is 51.0 Å². The molecule has 13 heteroatoms. The zero-order chi connectivity index (χ0) is 32.4. The van der Waals surface area contributed by atoms with Crippen LogP contribution in [0.3, 0.4) is 0 Å². The fourth-order valence-corrected chi connectivity index (χ4v) is 6.21. The fourth-order valence-electron chi connectivity index (χ4n) is 6.21. The Kier molecular flexibility index (Phi) is 9.84. The number of aryl methyl sites for hydroxylation is 1. The van der Waals surface area contributed by atoms with Gasteiger partial charge in [-0.1, -0.05) is 24.3 Å². The maximum Gasteiger partial charge on any atom is 0.416 e. The van der Waals surface area contributed by atoms with Gasteiger partial charge >= 0.3 is 18.4 Å². The Bertz CT molecular complexity index is 1340. The monoisotopic (exact) mass is 627 g/mol. The number of likely N-dealkylation sites (tertiary alicyclic amines) is 2. The van der Waals surface area contributed by atoms with Gasteiger partial charge < -0.3 is 19.4 Å². The first-order valence-corrected chi connectivity index (χ1v) is 14.3. The van der Waals surface area contributed by atoms with E-state index in [9.17, 15) is 40.7 Å². The van der Waals surface area contributed by atoms with E-state index in [2.05, 4.69) is 0 Å². The van der Waals surface area contributed by atoms with E-state index < -0.39 is 53.9 Å². The van der Waals surface area contributed by atoms with Gasteiger partial charge in [0.2, 0.25) is 11.8 Å². The molecule has 2 aliphatic heterocycles. The Labute approximate surface area is 251 Å². The van der Waals surface area contributed by atoms with E-state index in [0.717, 1.165) is 16.0 Å². The first-order chi connectivity index (χ1) is 20.6. The minimum Gasteiger partial charge on any atom is -0.453 e. The number of hydrogen-bond donors (Lipinski definition) is 0. The predicted molar refractivity (Wildman–Crippen MR) is 148 cm³/mol. The van der Waals surface area contributed by atoms with E-state index in [4.69, 9.17) is 4.74 Å². The lowest BCUT2D eigenvalue weighted by atomic mass is 9.77. The molecule has 240 valence electrons. The molecular formula is C31H35F6N3O4. The summed E-state index contributed by atoms with van der Waals surface area (Å²) in [5, 5.41) is 0. The molecule has 44 heavy (non-hydrogen) atoms. The van der Waals surface area contributed by atoms with Crippen molar-refractivity contribution >= 4 is 17.9 Å². The first-order valence-electron chi connectivity index (χ1n) is 14.3. The van der Waals surface area contributed by atoms with Gasteiger partial charge in [-0.3, -0.25) is 9.59 Å². The summed E-state index contributed by atoms with van der Waals surface area (Å²) in [5.74, 6) is -1.89. The number of amides is 3. The SMILES string of the molecule is COC(=O)N1CCC(C(=O)N2CC[C@@H](C(=O)N(C)Cc3cc(C(F)(F)F)cc(C(F)(F)F)c3)[C@H](c3ccccc3C)C2)CC1. The number of ether oxygens (including phenoxy) is 1. The Morgan fingerprint density at radius 2 is 1.45 bits per heavy atom. The van der Waals surface area contributed by atoms with E-state index in [1.165, 1.54) is 14.2 Å². The molecule has 2 aliphatic rings. The summed E-state index contributed by atoms with van der Waals surface area (Å²) < 4.78 is 85.2. The number of rotatable bonds is 5. The summed E-state index contributed by atoms with van der Waals surface area (Å²) >= 11 is 0. The van der Waals surface area contributed by atoms with Crippen molar-refractivity contribution in [1.82, 2.24) is 14.7 Å². The van der Waals surface area contributed by atoms with Crippen LogP contribution in [0.25, 0.3) is 0 Å². The van der Waals surface area contributed by atoms with Crippen LogP contribution in [0.1, 0.15) is 53.0 Å². The van der Waals surface area contributed by atoms with Crippen LogP contribution < -0.4 is 0 Å². The molecule has 2 aromatic carbocycles. The molecule has 0 saturated carbocycles. The van der Waals surface area contributed by atoms with Crippen molar-refractivity contribution in [1.29, 1.82) is 0 Å². The van der Waals surface area contributed by atoms with Crippen LogP contribution in [0.15, 0.2) is 42.5 Å². The van der Waals surface area contributed by atoms with E-state index in [-0.39, 0.29) is 43.0 Å². The highest BCUT2D eigenvalue weighted by Gasteiger charge is 2.41. The third kappa shape index (κ3) is 7.47. The highest BCUT2D eigenvalue weighted by molar-refractivity contribution is 5.82. The van der Waals surface area contributed by atoms with Crippen LogP contribution in [0.5, 0.6) is 0 Å². The number of carbonyl (C=O) groups is 3. The minimum atomic E-state index is -5.00. The molecule has 2 heterocycles. The molecule has 0 spiro atoms. The zero-order valence-electron chi connectivity index (χ0n) is 24.7. The van der Waals surface area contributed by atoms with Crippen molar-refractivity contribution in [3.8, 4) is 0 Å². The topological polar surface area (TPSA) is 70.2 Å². The van der Waals surface area contributed by atoms with Crippen molar-refractivity contribution in [3.05, 3.63) is 70.3 Å². The van der Waals surface area contributed by atoms with Gasteiger partial charge in [0, 0.05) is 57.5 Å². The highest BCUT2D eigenvalue weighted by Crippen LogP contribution is 2.39. The number of methoxy groups -OCH3 is 1. The molecule has 4 rings (SSSR count). The third-order valence-corrected chi connectivity index (χ3v) is 8.55. The smallest absolute Gasteiger partial charge is 0.416 e. The van der Waals surface area contributed by atoms with E-state index >= 15 is 0 Å². The number of halogens is 6. The number of nitrogens with zero attached hydrogens (tertiary/aromatic N) is 3. The fraction of sp³-hybridized carbons (Fsp3) is 0.516. The third-order valence-electron chi connectivity index (χ3n) is 8.55. The standard InChI is InChI=1S/C31H35F6N3O4/c1-19-6-4-5-7-24(19)26-18-40(27(41)21-8-11-39(12-9-21)29(43)44-3)13-10-25(26)28(42)38(2)17-20-14-22(30(32,33)34)16-23(15-20)31(35,36)37/h4-7,14-16,21,25-26H,8-13,17-18H2,1-3H3/t25-,26+/m1/s1. The van der Waals surface area contributed by atoms with Gasteiger partial charge in [-0.2, -0.15) is 26.3 Å². The van der Waals surface area contributed by atoms with Gasteiger partial charge in [0.1, 0.15) is 0 Å². The second-order valence-corrected chi connectivity index (χ2v) is 11.5. The average Bonchev–Trinajstić information content (AvgIpc) is 2.99. The van der Waals surface area contributed by atoms with Gasteiger partial charge in [-0.25, -0.2) is 4.79 Å². The lowest BCUT2D eigenvalue weighted by Crippen LogP contribution is -2.50. The van der Waals surface area contributed by atoms with Crippen LogP contribution in [-0.2, 0) is 33.2 Å². The summed E-state index contributed by atoms with van der Waals surface area (Å²) in [4.78, 5) is 43.6. The summed E-state index contributed by atoms with van der Waals surface area (Å²) in [7, 11) is 2.66. The van der Waals surface area contributed by atoms with Crippen LogP contribution >= 0.6 is 0 Å². The minimum absolute atomic E-state index is 0.0611. The number of benzene rings is 2. The Morgan fingerprint density at radius 1 is 0.886 bits per heavy atom. The van der Waals surface area contributed by atoms with Gasteiger partial charge in [0.05, 0.1) is 18.2 Å². The molecule has 2 saturated heterocycles. The maximum absolute atomic E-state index is 13.8. The van der Waals surface area contributed by atoms with E-state index in [1.54, 1.807) is 9.80 Å². The van der Waals surface area contributed by atoms with Crippen LogP contribution in [0.2, 0.25) is 0 Å². The van der Waals surface area contributed by atoms with Crippen molar-refractivity contribution < 1.29 is 45.5 Å². The van der Waals surface area contributed by atoms with Gasteiger partial charge in [-0.15, -0.1) is 0 Å². The van der Waals surface area contributed by atoms with Crippen molar-refractivity contribution in [2.24, 2.45) is 11.8 Å². The molecule has 3 amide bonds. The molecule has 2 atom stereocenters. The lowest BCUT2D eigenvalue weighted by Gasteiger charge is -2.42. The summed E-state index contributed by atoms with van der Waals surface area (Å²) in [6.45, 7) is 2.69. The second kappa shape index (κ2) is 13.1. The van der Waals surface area contributed by atoms with Gasteiger partial charge in [0.15, 0.2) is 0 Å². The average molecular weight is 628 g/mol. The maximum atomic E-state index is 13.8. The number of hydrogen-bond acceptors (Lipinski definition) is 4. The first kappa shape index (κ1) is 33.1. The van der Waals surface area contributed by atoms with Crippen LogP contribution in [0, 0.1) is 18.8 Å². The van der Waals surface area contributed by atoms with E-state index in [0.29, 0.717) is 38.1 Å². The molecular weight excluding hydrogens is 592 g/mol. The molecule has 0 N–H and O–H groups in total. The number of carbonyl (C=O) groups excluding carboxylic acids is 3. The lowest BCUT2D eigenvalue weighted by molar-refractivity contribution is -0.144. The zero-order valence-corrected chi connectivity index (χ0v) is 24.7. The largest absolute Gasteiger partial charge is 0.453 e. The number of piperidine rings is 2. The number of alkyl halides is 6. The highest BCUT2D eigenvalue weighted by atomic mass is 19.4. The molecule has 0 bridgehead atoms. The predicted octanol–water partition coefficient (Wildman–Crippen LogP) is 6.10. The van der Waals surface area contributed by atoms with Crippen LogP contribution in [-0.4, -0.2) is 72.9 Å². The molecule has 0 unspecified atom stereocenters. The molecule has 7 nitrogen and oxygen atoms in total. The summed E-state index contributed by atoms with van der Waals surface area (Å²) in [5.41, 5.74) is -1.43. The molecule has 2 fully saturated rings. The normalized spacial score (nSPS) is 19.9. The Morgan fingerprint density at radius 3 is 2.00 bits per heavy atom. The summed E-state index contributed by atoms with van der Waals surface area (Å²) in [6, 6.07) is 8.73. The molecule has 0 radical (unpaired) electrons. The van der Waals surface area contributed by atoms with Crippen molar-refractivity contribution in [3.63, 3.8) is 0 Å². The Hall–Kier alpha value is -3.77. The van der Waals surface area contributed by atoms with Crippen molar-refractivity contribution in [2.75, 3.05) is 40.3 Å². The van der Waals surface area contributed by atoms with E-state index in [1.807, 2.05) is 31.2 Å². The molecule has 0 aliphatic carbocycles. The van der Waals surface area contributed by atoms with Gasteiger partial charge in [-0.05, 0) is 61.1 Å². The van der Waals surface area contributed by atoms with Gasteiger partial charge in [0.25, 0.3) is 0 Å².